The Morgan fingerprint density at radius 1 is 1.23 bits per heavy atom. The molecular formula is C22H27FN2O4S2. The number of ether oxygens (including phenoxy) is 1. The van der Waals surface area contributed by atoms with Crippen molar-refractivity contribution >= 4 is 27.7 Å². The molecule has 1 aliphatic heterocycles. The molecular weight excluding hydrogens is 439 g/mol. The van der Waals surface area contributed by atoms with Crippen molar-refractivity contribution in [2.45, 2.75) is 48.6 Å². The Morgan fingerprint density at radius 2 is 1.94 bits per heavy atom. The molecule has 31 heavy (non-hydrogen) atoms. The Labute approximate surface area is 187 Å². The highest BCUT2D eigenvalue weighted by Crippen LogP contribution is 2.36. The molecule has 1 heterocycles. The molecule has 0 saturated carbocycles. The van der Waals surface area contributed by atoms with Gasteiger partial charge in [0.25, 0.3) is 0 Å². The van der Waals surface area contributed by atoms with E-state index in [-0.39, 0.29) is 22.7 Å². The number of sulfonamides is 1. The quantitative estimate of drug-likeness (QED) is 0.617. The molecule has 1 amide bonds. The molecule has 0 bridgehead atoms. The van der Waals surface area contributed by atoms with Gasteiger partial charge in [-0.15, -0.1) is 11.8 Å². The lowest BCUT2D eigenvalue weighted by Gasteiger charge is -2.28. The zero-order valence-corrected chi connectivity index (χ0v) is 19.4. The molecule has 2 aromatic carbocycles. The van der Waals surface area contributed by atoms with Gasteiger partial charge in [-0.3, -0.25) is 4.79 Å². The predicted molar refractivity (Wildman–Crippen MR) is 119 cm³/mol. The van der Waals surface area contributed by atoms with E-state index >= 15 is 0 Å². The number of fused-ring (bicyclic) bond motifs is 1. The number of halogens is 1. The maximum atomic E-state index is 13.8. The summed E-state index contributed by atoms with van der Waals surface area (Å²) in [4.78, 5) is 14.1. The van der Waals surface area contributed by atoms with Crippen molar-refractivity contribution in [2.24, 2.45) is 5.92 Å². The van der Waals surface area contributed by atoms with E-state index in [1.54, 1.807) is 30.0 Å². The number of thioether (sulfide) groups is 1. The molecule has 9 heteroatoms. The number of methoxy groups -OCH3 is 1. The first kappa shape index (κ1) is 23.6. The number of hydrogen-bond acceptors (Lipinski definition) is 5. The van der Waals surface area contributed by atoms with Gasteiger partial charge < -0.3 is 10.1 Å². The van der Waals surface area contributed by atoms with Crippen molar-refractivity contribution in [3.8, 4) is 5.75 Å². The second kappa shape index (κ2) is 10.0. The van der Waals surface area contributed by atoms with Gasteiger partial charge in [0.1, 0.15) is 17.6 Å². The Morgan fingerprint density at radius 3 is 2.58 bits per heavy atom. The van der Waals surface area contributed by atoms with Crippen LogP contribution in [0, 0.1) is 11.7 Å². The first-order chi connectivity index (χ1) is 14.7. The van der Waals surface area contributed by atoms with Gasteiger partial charge in [-0.25, -0.2) is 12.8 Å². The number of benzene rings is 2. The van der Waals surface area contributed by atoms with Gasteiger partial charge in [0.05, 0.1) is 18.0 Å². The predicted octanol–water partition coefficient (Wildman–Crippen LogP) is 3.88. The molecule has 0 radical (unpaired) electrons. The van der Waals surface area contributed by atoms with Crippen molar-refractivity contribution in [3.63, 3.8) is 0 Å². The van der Waals surface area contributed by atoms with E-state index < -0.39 is 22.0 Å². The van der Waals surface area contributed by atoms with Crippen LogP contribution >= 0.6 is 11.8 Å². The summed E-state index contributed by atoms with van der Waals surface area (Å²) in [6.07, 6.45) is 0.977. The van der Waals surface area contributed by atoms with E-state index in [0.717, 1.165) is 16.2 Å². The Kier molecular flexibility index (Phi) is 7.61. The van der Waals surface area contributed by atoms with Crippen LogP contribution in [0.3, 0.4) is 0 Å². The Balaban J connectivity index is 1.79. The van der Waals surface area contributed by atoms with Gasteiger partial charge in [0, 0.05) is 10.6 Å². The van der Waals surface area contributed by atoms with Crippen LogP contribution in [0.1, 0.15) is 38.3 Å². The maximum absolute atomic E-state index is 13.8. The number of carbonyl (C=O) groups is 1. The summed E-state index contributed by atoms with van der Waals surface area (Å²) < 4.78 is 47.1. The molecule has 168 valence electrons. The van der Waals surface area contributed by atoms with Crippen molar-refractivity contribution in [1.82, 2.24) is 10.0 Å². The lowest BCUT2D eigenvalue weighted by Crippen LogP contribution is -2.48. The molecule has 2 unspecified atom stereocenters. The lowest BCUT2D eigenvalue weighted by molar-refractivity contribution is -0.123. The van der Waals surface area contributed by atoms with Gasteiger partial charge in [0.15, 0.2) is 0 Å². The van der Waals surface area contributed by atoms with E-state index in [0.29, 0.717) is 18.6 Å². The zero-order chi connectivity index (χ0) is 22.6. The van der Waals surface area contributed by atoms with Crippen LogP contribution in [0.25, 0.3) is 0 Å². The topological polar surface area (TPSA) is 84.5 Å². The summed E-state index contributed by atoms with van der Waals surface area (Å²) in [7, 11) is -2.42. The number of hydrogen-bond donors (Lipinski definition) is 2. The monoisotopic (exact) mass is 466 g/mol. The molecule has 0 spiro atoms. The molecule has 2 N–H and O–H groups in total. The molecule has 1 aliphatic rings. The number of rotatable bonds is 8. The molecule has 0 aliphatic carbocycles. The molecule has 0 aromatic heterocycles. The van der Waals surface area contributed by atoms with E-state index in [2.05, 4.69) is 10.0 Å². The van der Waals surface area contributed by atoms with Gasteiger partial charge in [0.2, 0.25) is 15.9 Å². The molecule has 2 aromatic rings. The summed E-state index contributed by atoms with van der Waals surface area (Å²) in [6.45, 7) is 3.84. The minimum absolute atomic E-state index is 0.0522. The highest BCUT2D eigenvalue weighted by atomic mass is 32.2. The summed E-state index contributed by atoms with van der Waals surface area (Å²) in [5, 5.41) is 2.93. The first-order valence-corrected chi connectivity index (χ1v) is 12.6. The van der Waals surface area contributed by atoms with Crippen LogP contribution in [0.15, 0.2) is 52.3 Å². The molecule has 0 saturated heterocycles. The van der Waals surface area contributed by atoms with Crippen LogP contribution in [0.5, 0.6) is 5.75 Å². The van der Waals surface area contributed by atoms with E-state index in [1.807, 2.05) is 13.8 Å². The summed E-state index contributed by atoms with van der Waals surface area (Å²) in [5.41, 5.74) is 0.728. The Hall–Kier alpha value is -2.10. The van der Waals surface area contributed by atoms with Crippen molar-refractivity contribution in [1.29, 1.82) is 0 Å². The SMILES string of the molecule is COc1ccc(S(=O)(=O)NC(CC(C)C)C(=O)NC2CCSc3ccc(F)cc32)cc1. The van der Waals surface area contributed by atoms with Gasteiger partial charge in [-0.2, -0.15) is 4.72 Å². The number of carbonyl (C=O) groups excluding carboxylic acids is 1. The second-order valence-electron chi connectivity index (χ2n) is 7.86. The third kappa shape index (κ3) is 5.99. The normalized spacial score (nSPS) is 17.1. The van der Waals surface area contributed by atoms with Crippen molar-refractivity contribution < 1.29 is 22.3 Å². The fourth-order valence-electron chi connectivity index (χ4n) is 3.48. The van der Waals surface area contributed by atoms with Gasteiger partial charge >= 0.3 is 0 Å². The van der Waals surface area contributed by atoms with E-state index in [1.165, 1.54) is 31.4 Å². The van der Waals surface area contributed by atoms with Crippen LogP contribution in [-0.2, 0) is 14.8 Å². The molecule has 6 nitrogen and oxygen atoms in total. The first-order valence-electron chi connectivity index (χ1n) is 10.1. The van der Waals surface area contributed by atoms with Crippen LogP contribution < -0.4 is 14.8 Å². The van der Waals surface area contributed by atoms with Gasteiger partial charge in [-0.05, 0) is 66.8 Å². The van der Waals surface area contributed by atoms with Crippen LogP contribution in [0.2, 0.25) is 0 Å². The van der Waals surface area contributed by atoms with Gasteiger partial charge in [-0.1, -0.05) is 13.8 Å². The highest BCUT2D eigenvalue weighted by molar-refractivity contribution is 7.99. The second-order valence-corrected chi connectivity index (χ2v) is 10.7. The van der Waals surface area contributed by atoms with E-state index in [9.17, 15) is 17.6 Å². The zero-order valence-electron chi connectivity index (χ0n) is 17.7. The molecule has 3 rings (SSSR count). The van der Waals surface area contributed by atoms with E-state index in [4.69, 9.17) is 4.74 Å². The smallest absolute Gasteiger partial charge is 0.241 e. The average Bonchev–Trinajstić information content (AvgIpc) is 2.73. The Bertz CT molecular complexity index is 1030. The fourth-order valence-corrected chi connectivity index (χ4v) is 5.79. The summed E-state index contributed by atoms with van der Waals surface area (Å²) in [5.74, 6) is 0.630. The van der Waals surface area contributed by atoms with Crippen molar-refractivity contribution in [2.75, 3.05) is 12.9 Å². The maximum Gasteiger partial charge on any atom is 0.241 e. The van der Waals surface area contributed by atoms with Crippen LogP contribution in [-0.4, -0.2) is 33.2 Å². The molecule has 0 fully saturated rings. The third-order valence-electron chi connectivity index (χ3n) is 5.02. The largest absolute Gasteiger partial charge is 0.497 e. The molecule has 2 atom stereocenters. The minimum atomic E-state index is -3.91. The summed E-state index contributed by atoms with van der Waals surface area (Å²) >= 11 is 1.62. The number of amides is 1. The van der Waals surface area contributed by atoms with Crippen LogP contribution in [0.4, 0.5) is 4.39 Å². The van der Waals surface area contributed by atoms with Crippen molar-refractivity contribution in [3.05, 3.63) is 53.8 Å². The third-order valence-corrected chi connectivity index (χ3v) is 7.63. The minimum Gasteiger partial charge on any atom is -0.497 e. The highest BCUT2D eigenvalue weighted by Gasteiger charge is 2.30. The number of nitrogens with one attached hydrogen (secondary N) is 2. The summed E-state index contributed by atoms with van der Waals surface area (Å²) in [6, 6.07) is 9.22. The lowest BCUT2D eigenvalue weighted by atomic mass is 10.0. The average molecular weight is 467 g/mol. The standard InChI is InChI=1S/C22H27FN2O4S2/c1-14(2)12-20(25-31(27,28)17-7-5-16(29-3)6-8-17)22(26)24-19-10-11-30-21-9-4-15(23)13-18(19)21/h4-9,13-14,19-20,25H,10-12H2,1-3H3,(H,24,26). The fraction of sp³-hybridized carbons (Fsp3) is 0.409.